The molecule has 0 aliphatic carbocycles. The van der Waals surface area contributed by atoms with Crippen molar-refractivity contribution in [1.82, 2.24) is 14.9 Å². The summed E-state index contributed by atoms with van der Waals surface area (Å²) < 4.78 is 20.0. The topological polar surface area (TPSA) is 62.5 Å². The molecule has 0 spiro atoms. The van der Waals surface area contributed by atoms with E-state index in [2.05, 4.69) is 4.98 Å². The summed E-state index contributed by atoms with van der Waals surface area (Å²) in [6.07, 6.45) is 3.33. The monoisotopic (exact) mass is 444 g/mol. The summed E-state index contributed by atoms with van der Waals surface area (Å²) in [5.74, 6) is 0.426. The number of halogens is 1. The molecular weight excluding hydrogens is 419 g/mol. The zero-order valence-electron chi connectivity index (χ0n) is 18.9. The number of likely N-dealkylation sites (tertiary alicyclic amines) is 1. The van der Waals surface area contributed by atoms with Gasteiger partial charge in [0.15, 0.2) is 5.76 Å². The molecule has 168 valence electrons. The van der Waals surface area contributed by atoms with Gasteiger partial charge in [-0.15, -0.1) is 0 Å². The Bertz CT molecular complexity index is 1350. The summed E-state index contributed by atoms with van der Waals surface area (Å²) in [6.45, 7) is 2.51. The first-order chi connectivity index (χ1) is 15.9. The molecule has 0 radical (unpaired) electrons. The van der Waals surface area contributed by atoms with Crippen molar-refractivity contribution in [3.63, 3.8) is 0 Å². The zero-order chi connectivity index (χ0) is 23.1. The van der Waals surface area contributed by atoms with Crippen LogP contribution in [0.15, 0.2) is 59.1 Å². The van der Waals surface area contributed by atoms with E-state index in [1.807, 2.05) is 61.2 Å². The van der Waals surface area contributed by atoms with Gasteiger partial charge in [-0.2, -0.15) is 0 Å². The van der Waals surface area contributed by atoms with Gasteiger partial charge in [0.05, 0.1) is 11.7 Å². The molecule has 33 heavy (non-hydrogen) atoms. The van der Waals surface area contributed by atoms with Gasteiger partial charge in [-0.1, -0.05) is 30.3 Å². The number of amides is 1. The van der Waals surface area contributed by atoms with Crippen molar-refractivity contribution in [1.29, 1.82) is 0 Å². The van der Waals surface area contributed by atoms with Gasteiger partial charge < -0.3 is 14.2 Å². The summed E-state index contributed by atoms with van der Waals surface area (Å²) >= 11 is 0. The van der Waals surface area contributed by atoms with E-state index in [1.54, 1.807) is 12.3 Å². The molecule has 0 saturated carbocycles. The van der Waals surface area contributed by atoms with Crippen molar-refractivity contribution >= 4 is 22.8 Å². The summed E-state index contributed by atoms with van der Waals surface area (Å²) in [5.41, 5.74) is 3.68. The van der Waals surface area contributed by atoms with Crippen LogP contribution in [0.1, 0.15) is 40.7 Å². The van der Waals surface area contributed by atoms with Crippen molar-refractivity contribution in [2.75, 3.05) is 25.5 Å². The number of carbonyl (C=O) groups excluding carboxylic acids is 1. The first kappa shape index (κ1) is 21.1. The molecule has 2 aromatic heterocycles. The Morgan fingerprint density at radius 2 is 2.00 bits per heavy atom. The number of aryl methyl sites for hydroxylation is 1. The fourth-order valence-corrected chi connectivity index (χ4v) is 4.54. The van der Waals surface area contributed by atoms with Gasteiger partial charge >= 0.3 is 0 Å². The van der Waals surface area contributed by atoms with Crippen LogP contribution in [-0.4, -0.2) is 41.4 Å². The van der Waals surface area contributed by atoms with Gasteiger partial charge in [-0.3, -0.25) is 4.79 Å². The fourth-order valence-electron chi connectivity index (χ4n) is 4.54. The average Bonchev–Trinajstić information content (AvgIpc) is 3.43. The lowest BCUT2D eigenvalue weighted by molar-refractivity contribution is 0.0702. The molecular formula is C26H25FN4O2. The number of aromatic nitrogens is 2. The van der Waals surface area contributed by atoms with Crippen LogP contribution < -0.4 is 4.90 Å². The number of benzene rings is 2. The fraction of sp³-hybridized carbons (Fsp3) is 0.269. The highest BCUT2D eigenvalue weighted by Crippen LogP contribution is 2.39. The van der Waals surface area contributed by atoms with Crippen molar-refractivity contribution in [2.24, 2.45) is 0 Å². The van der Waals surface area contributed by atoms with Gasteiger partial charge in [-0.05, 0) is 43.5 Å². The first-order valence-corrected chi connectivity index (χ1v) is 11.0. The van der Waals surface area contributed by atoms with E-state index in [4.69, 9.17) is 9.40 Å². The van der Waals surface area contributed by atoms with Crippen molar-refractivity contribution < 1.29 is 13.6 Å². The highest BCUT2D eigenvalue weighted by Gasteiger charge is 2.36. The molecule has 1 aliphatic rings. The Labute approximate surface area is 191 Å². The van der Waals surface area contributed by atoms with E-state index in [9.17, 15) is 9.18 Å². The molecule has 1 aliphatic heterocycles. The number of carbonyl (C=O) groups is 1. The van der Waals surface area contributed by atoms with E-state index in [0.29, 0.717) is 29.4 Å². The predicted octanol–water partition coefficient (Wildman–Crippen LogP) is 5.38. The van der Waals surface area contributed by atoms with Gasteiger partial charge in [0.25, 0.3) is 5.91 Å². The highest BCUT2D eigenvalue weighted by molar-refractivity contribution is 5.99. The zero-order valence-corrected chi connectivity index (χ0v) is 18.9. The van der Waals surface area contributed by atoms with Crippen LogP contribution in [0.2, 0.25) is 0 Å². The average molecular weight is 445 g/mol. The maximum atomic E-state index is 14.0. The Hall–Kier alpha value is -3.74. The van der Waals surface area contributed by atoms with Crippen molar-refractivity contribution in [3.8, 4) is 11.1 Å². The molecule has 0 N–H and O–H groups in total. The summed E-state index contributed by atoms with van der Waals surface area (Å²) in [5, 5.41) is 0.939. The van der Waals surface area contributed by atoms with Crippen LogP contribution in [0.25, 0.3) is 22.1 Å². The van der Waals surface area contributed by atoms with Crippen LogP contribution in [0, 0.1) is 12.7 Å². The van der Waals surface area contributed by atoms with Gasteiger partial charge in [0.1, 0.15) is 11.4 Å². The second-order valence-corrected chi connectivity index (χ2v) is 8.58. The third-order valence-electron chi connectivity index (χ3n) is 6.21. The molecule has 2 aromatic carbocycles. The van der Waals surface area contributed by atoms with Gasteiger partial charge in [0, 0.05) is 43.4 Å². The maximum absolute atomic E-state index is 14.0. The molecule has 5 rings (SSSR count). The van der Waals surface area contributed by atoms with Gasteiger partial charge in [0.2, 0.25) is 5.95 Å². The summed E-state index contributed by atoms with van der Waals surface area (Å²) in [4.78, 5) is 26.6. The van der Waals surface area contributed by atoms with E-state index < -0.39 is 0 Å². The molecule has 3 heterocycles. The lowest BCUT2D eigenvalue weighted by Crippen LogP contribution is -2.32. The molecule has 1 fully saturated rings. The molecule has 1 amide bonds. The van der Waals surface area contributed by atoms with E-state index in [0.717, 1.165) is 35.0 Å². The Kier molecular flexibility index (Phi) is 5.32. The Morgan fingerprint density at radius 1 is 1.18 bits per heavy atom. The second kappa shape index (κ2) is 8.31. The first-order valence-electron chi connectivity index (χ1n) is 11.0. The van der Waals surface area contributed by atoms with Crippen molar-refractivity contribution in [2.45, 2.75) is 25.8 Å². The summed E-state index contributed by atoms with van der Waals surface area (Å²) in [7, 11) is 3.74. The number of furan rings is 1. The lowest BCUT2D eigenvalue weighted by Gasteiger charge is -2.26. The molecule has 6 nitrogen and oxygen atoms in total. The minimum absolute atomic E-state index is 0.151. The van der Waals surface area contributed by atoms with Gasteiger partial charge in [-0.25, -0.2) is 14.4 Å². The Balaban J connectivity index is 1.59. The number of hydrogen-bond acceptors (Lipinski definition) is 5. The number of hydrogen-bond donors (Lipinski definition) is 0. The number of fused-ring (bicyclic) bond motifs is 1. The Morgan fingerprint density at radius 3 is 2.76 bits per heavy atom. The largest absolute Gasteiger partial charge is 0.451 e. The standard InChI is InChI=1S/C26H25FN4O2/c1-16-19-10-4-5-12-22(19)33-24(16)25(32)31-13-7-11-21(31)23-20(15-28-26(29-23)30(2)3)17-8-6-9-18(27)14-17/h4-6,8-10,12,14-15,21H,7,11,13H2,1-3H3/t21-/m1/s1. The van der Waals surface area contributed by atoms with E-state index in [1.165, 1.54) is 12.1 Å². The molecule has 0 unspecified atom stereocenters. The third-order valence-corrected chi connectivity index (χ3v) is 6.21. The second-order valence-electron chi connectivity index (χ2n) is 8.58. The van der Waals surface area contributed by atoms with Crippen LogP contribution in [0.4, 0.5) is 10.3 Å². The predicted molar refractivity (Wildman–Crippen MR) is 126 cm³/mol. The van der Waals surface area contributed by atoms with E-state index in [-0.39, 0.29) is 17.8 Å². The van der Waals surface area contributed by atoms with Crippen LogP contribution in [0.3, 0.4) is 0 Å². The molecule has 1 atom stereocenters. The number of nitrogens with zero attached hydrogens (tertiary/aromatic N) is 4. The number of anilines is 1. The van der Waals surface area contributed by atoms with Crippen LogP contribution in [0.5, 0.6) is 0 Å². The lowest BCUT2D eigenvalue weighted by atomic mass is 9.99. The quantitative estimate of drug-likeness (QED) is 0.423. The minimum Gasteiger partial charge on any atom is -0.451 e. The molecule has 1 saturated heterocycles. The minimum atomic E-state index is -0.326. The van der Waals surface area contributed by atoms with E-state index >= 15 is 0 Å². The third kappa shape index (κ3) is 3.73. The maximum Gasteiger partial charge on any atom is 0.290 e. The SMILES string of the molecule is Cc1c(C(=O)N2CCC[C@@H]2c2nc(N(C)C)ncc2-c2cccc(F)c2)oc2ccccc12. The smallest absolute Gasteiger partial charge is 0.290 e. The molecule has 4 aromatic rings. The van der Waals surface area contributed by atoms with Crippen LogP contribution in [-0.2, 0) is 0 Å². The number of para-hydroxylation sites is 1. The number of rotatable bonds is 4. The molecule has 0 bridgehead atoms. The van der Waals surface area contributed by atoms with Crippen LogP contribution >= 0.6 is 0 Å². The summed E-state index contributed by atoms with van der Waals surface area (Å²) in [6, 6.07) is 13.8. The van der Waals surface area contributed by atoms with Crippen molar-refractivity contribution in [3.05, 3.63) is 77.6 Å². The molecule has 7 heteroatoms. The normalized spacial score (nSPS) is 15.9. The highest BCUT2D eigenvalue weighted by atomic mass is 19.1.